The van der Waals surface area contributed by atoms with E-state index in [4.69, 9.17) is 0 Å². The molecule has 2 nitrogen and oxygen atoms in total. The van der Waals surface area contributed by atoms with Crippen LogP contribution in [0, 0.1) is 5.82 Å². The number of hydrogen-bond acceptors (Lipinski definition) is 2. The Hall–Kier alpha value is -1.87. The molecule has 2 aromatic carbocycles. The number of halogens is 1. The summed E-state index contributed by atoms with van der Waals surface area (Å²) in [5, 5.41) is 9.88. The first-order valence-corrected chi connectivity index (χ1v) is 7.42. The van der Waals surface area contributed by atoms with Crippen LogP contribution in [0.2, 0.25) is 0 Å². The van der Waals surface area contributed by atoms with Gasteiger partial charge in [0.2, 0.25) is 0 Å². The monoisotopic (exact) mass is 285 g/mol. The Morgan fingerprint density at radius 3 is 2.67 bits per heavy atom. The predicted octanol–water partition coefficient (Wildman–Crippen LogP) is 3.87. The molecule has 1 saturated heterocycles. The van der Waals surface area contributed by atoms with Crippen molar-refractivity contribution in [3.63, 3.8) is 0 Å². The van der Waals surface area contributed by atoms with Crippen LogP contribution in [0.5, 0.6) is 0 Å². The summed E-state index contributed by atoms with van der Waals surface area (Å²) in [5.74, 6) is 0.201. The molecule has 1 unspecified atom stereocenters. The van der Waals surface area contributed by atoms with Gasteiger partial charge in [-0.15, -0.1) is 0 Å². The normalized spacial score (nSPS) is 19.8. The summed E-state index contributed by atoms with van der Waals surface area (Å²) in [7, 11) is 0. The molecule has 0 saturated carbocycles. The second-order valence-corrected chi connectivity index (χ2v) is 5.72. The van der Waals surface area contributed by atoms with Gasteiger partial charge in [0.15, 0.2) is 0 Å². The third kappa shape index (κ3) is 2.93. The molecule has 3 rings (SSSR count). The van der Waals surface area contributed by atoms with Gasteiger partial charge in [0, 0.05) is 30.3 Å². The second-order valence-electron chi connectivity index (χ2n) is 5.72. The Balaban J connectivity index is 1.84. The summed E-state index contributed by atoms with van der Waals surface area (Å²) >= 11 is 0. The predicted molar refractivity (Wildman–Crippen MR) is 83.0 cm³/mol. The molecule has 1 N–H and O–H groups in total. The largest absolute Gasteiger partial charge is 0.389 e. The van der Waals surface area contributed by atoms with Gasteiger partial charge in [-0.2, -0.15) is 0 Å². The first kappa shape index (κ1) is 14.1. The van der Waals surface area contributed by atoms with Gasteiger partial charge in [-0.1, -0.05) is 30.3 Å². The van der Waals surface area contributed by atoms with E-state index >= 15 is 0 Å². The molecule has 0 amide bonds. The molecule has 1 aliphatic heterocycles. The van der Waals surface area contributed by atoms with Crippen LogP contribution in [0.4, 0.5) is 10.1 Å². The number of aliphatic hydroxyl groups is 1. The third-order valence-corrected chi connectivity index (χ3v) is 4.24. The molecule has 1 fully saturated rings. The van der Waals surface area contributed by atoms with Crippen LogP contribution in [-0.2, 0) is 0 Å². The van der Waals surface area contributed by atoms with Crippen molar-refractivity contribution in [3.05, 3.63) is 65.5 Å². The minimum atomic E-state index is -0.661. The van der Waals surface area contributed by atoms with Gasteiger partial charge in [0.25, 0.3) is 0 Å². The van der Waals surface area contributed by atoms with Crippen LogP contribution in [0.25, 0.3) is 0 Å². The van der Waals surface area contributed by atoms with E-state index in [0.717, 1.165) is 25.2 Å². The van der Waals surface area contributed by atoms with Crippen molar-refractivity contribution in [1.82, 2.24) is 0 Å². The minimum absolute atomic E-state index is 0.298. The maximum Gasteiger partial charge on any atom is 0.123 e. The summed E-state index contributed by atoms with van der Waals surface area (Å²) in [6.45, 7) is 3.53. The molecule has 1 heterocycles. The molecule has 21 heavy (non-hydrogen) atoms. The van der Waals surface area contributed by atoms with Crippen LogP contribution in [0.3, 0.4) is 0 Å². The molecule has 0 spiro atoms. The van der Waals surface area contributed by atoms with Crippen LogP contribution >= 0.6 is 0 Å². The number of rotatable bonds is 3. The Morgan fingerprint density at radius 2 is 1.95 bits per heavy atom. The molecule has 110 valence electrons. The number of hydrogen-bond donors (Lipinski definition) is 1. The van der Waals surface area contributed by atoms with Crippen molar-refractivity contribution in [2.45, 2.75) is 25.4 Å². The Kier molecular flexibility index (Phi) is 3.93. The van der Waals surface area contributed by atoms with Crippen LogP contribution in [0.15, 0.2) is 48.5 Å². The maximum absolute atomic E-state index is 13.4. The van der Waals surface area contributed by atoms with Gasteiger partial charge in [-0.25, -0.2) is 4.39 Å². The van der Waals surface area contributed by atoms with Gasteiger partial charge in [-0.05, 0) is 37.1 Å². The van der Waals surface area contributed by atoms with Crippen molar-refractivity contribution < 1.29 is 9.50 Å². The van der Waals surface area contributed by atoms with Gasteiger partial charge >= 0.3 is 0 Å². The van der Waals surface area contributed by atoms with Gasteiger partial charge < -0.3 is 10.0 Å². The number of benzene rings is 2. The Bertz CT molecular complexity index is 612. The molecule has 0 aromatic heterocycles. The molecule has 3 heteroatoms. The van der Waals surface area contributed by atoms with Crippen molar-refractivity contribution >= 4 is 5.69 Å². The molecular formula is C18H20FNO. The zero-order valence-electron chi connectivity index (χ0n) is 12.2. The summed E-state index contributed by atoms with van der Waals surface area (Å²) in [4.78, 5) is 2.25. The number of nitrogens with zero attached hydrogens (tertiary/aromatic N) is 1. The third-order valence-electron chi connectivity index (χ3n) is 4.24. The van der Waals surface area contributed by atoms with E-state index < -0.39 is 6.10 Å². The first-order chi connectivity index (χ1) is 10.1. The fraction of sp³-hybridized carbons (Fsp3) is 0.333. The fourth-order valence-electron chi connectivity index (χ4n) is 3.12. The molecule has 0 bridgehead atoms. The second kappa shape index (κ2) is 5.86. The van der Waals surface area contributed by atoms with Crippen LogP contribution in [-0.4, -0.2) is 18.2 Å². The SMILES string of the molecule is C[C@@H](O)c1cc(F)ccc1N1CCC(c2ccccc2)C1. The van der Waals surface area contributed by atoms with E-state index in [2.05, 4.69) is 29.2 Å². The molecule has 1 aliphatic rings. The highest BCUT2D eigenvalue weighted by Gasteiger charge is 2.26. The van der Waals surface area contributed by atoms with Crippen molar-refractivity contribution in [1.29, 1.82) is 0 Å². The lowest BCUT2D eigenvalue weighted by Gasteiger charge is -2.23. The lowest BCUT2D eigenvalue weighted by atomic mass is 9.99. The topological polar surface area (TPSA) is 23.5 Å². The van der Waals surface area contributed by atoms with Gasteiger partial charge in [0.1, 0.15) is 5.82 Å². The standard InChI is InChI=1S/C18H20FNO/c1-13(21)17-11-16(19)7-8-18(17)20-10-9-15(12-20)14-5-3-2-4-6-14/h2-8,11,13,15,21H,9-10,12H2,1H3/t13-,15?/m1/s1. The van der Waals surface area contributed by atoms with Gasteiger partial charge in [-0.3, -0.25) is 0 Å². The Morgan fingerprint density at radius 1 is 1.19 bits per heavy atom. The van der Waals surface area contributed by atoms with E-state index in [1.807, 2.05) is 6.07 Å². The van der Waals surface area contributed by atoms with Crippen LogP contribution in [0.1, 0.15) is 36.5 Å². The fourth-order valence-corrected chi connectivity index (χ4v) is 3.12. The van der Waals surface area contributed by atoms with E-state index in [1.54, 1.807) is 13.0 Å². The maximum atomic E-state index is 13.4. The van der Waals surface area contributed by atoms with Crippen molar-refractivity contribution in [3.8, 4) is 0 Å². The quantitative estimate of drug-likeness (QED) is 0.925. The van der Waals surface area contributed by atoms with Crippen LogP contribution < -0.4 is 4.90 Å². The molecule has 2 aromatic rings. The zero-order chi connectivity index (χ0) is 14.8. The number of aliphatic hydroxyl groups excluding tert-OH is 1. The minimum Gasteiger partial charge on any atom is -0.389 e. The molecule has 0 aliphatic carbocycles. The van der Waals surface area contributed by atoms with Crippen molar-refractivity contribution in [2.24, 2.45) is 0 Å². The number of anilines is 1. The summed E-state index contributed by atoms with van der Waals surface area (Å²) in [5.41, 5.74) is 2.97. The lowest BCUT2D eigenvalue weighted by Crippen LogP contribution is -2.21. The van der Waals surface area contributed by atoms with E-state index in [9.17, 15) is 9.50 Å². The summed E-state index contributed by atoms with van der Waals surface area (Å²) < 4.78 is 13.4. The zero-order valence-corrected chi connectivity index (χ0v) is 12.2. The smallest absolute Gasteiger partial charge is 0.123 e. The average Bonchev–Trinajstić information content (AvgIpc) is 2.97. The van der Waals surface area contributed by atoms with Crippen molar-refractivity contribution in [2.75, 3.05) is 18.0 Å². The van der Waals surface area contributed by atoms with Gasteiger partial charge in [0.05, 0.1) is 6.10 Å². The molecule has 0 radical (unpaired) electrons. The van der Waals surface area contributed by atoms with E-state index in [1.165, 1.54) is 17.7 Å². The summed E-state index contributed by atoms with van der Waals surface area (Å²) in [6, 6.07) is 15.2. The molecular weight excluding hydrogens is 265 g/mol. The van der Waals surface area contributed by atoms with E-state index in [-0.39, 0.29) is 5.82 Å². The first-order valence-electron chi connectivity index (χ1n) is 7.42. The lowest BCUT2D eigenvalue weighted by molar-refractivity contribution is 0.199. The summed E-state index contributed by atoms with van der Waals surface area (Å²) in [6.07, 6.45) is 0.423. The molecule has 2 atom stereocenters. The highest BCUT2D eigenvalue weighted by Crippen LogP contribution is 2.34. The Labute approximate surface area is 124 Å². The van der Waals surface area contributed by atoms with E-state index in [0.29, 0.717) is 11.5 Å². The highest BCUT2D eigenvalue weighted by atomic mass is 19.1. The average molecular weight is 285 g/mol. The highest BCUT2D eigenvalue weighted by molar-refractivity contribution is 5.56.